The molecule has 0 atom stereocenters. The Labute approximate surface area is 330 Å². The van der Waals surface area contributed by atoms with Crippen molar-refractivity contribution in [1.29, 1.82) is 0 Å². The van der Waals surface area contributed by atoms with Gasteiger partial charge in [0.25, 0.3) is 0 Å². The Kier molecular flexibility index (Phi) is 19.2. The van der Waals surface area contributed by atoms with E-state index in [1.165, 1.54) is 69.7 Å². The highest BCUT2D eigenvalue weighted by Crippen LogP contribution is 2.54. The summed E-state index contributed by atoms with van der Waals surface area (Å²) >= 11 is 11.8. The molecule has 0 nitrogen and oxygen atoms in total. The third-order valence-corrected chi connectivity index (χ3v) is 16.0. The average Bonchev–Trinajstić information content (AvgIpc) is 3.97. The zero-order valence-electron chi connectivity index (χ0n) is 33.5. The Hall–Kier alpha value is -1.80. The van der Waals surface area contributed by atoms with Crippen LogP contribution in [-0.4, -0.2) is 0 Å². The van der Waals surface area contributed by atoms with Crippen molar-refractivity contribution in [3.63, 3.8) is 0 Å². The lowest BCUT2D eigenvalue weighted by atomic mass is 10.0. The molecule has 0 radical (unpaired) electrons. The van der Waals surface area contributed by atoms with Crippen LogP contribution >= 0.6 is 68.0 Å². The number of rotatable bonds is 9. The molecule has 0 aromatic carbocycles. The van der Waals surface area contributed by atoms with E-state index >= 15 is 0 Å². The van der Waals surface area contributed by atoms with Crippen LogP contribution in [0.15, 0.2) is 60.7 Å². The fourth-order valence-electron chi connectivity index (χ4n) is 4.95. The molecule has 0 saturated carbocycles. The Morgan fingerprint density at radius 3 is 0.780 bits per heavy atom. The normalized spacial score (nSPS) is 10.7. The second-order valence-electron chi connectivity index (χ2n) is 12.1. The summed E-state index contributed by atoms with van der Waals surface area (Å²) in [7, 11) is 0. The first-order valence-electron chi connectivity index (χ1n) is 18.8. The zero-order valence-corrected chi connectivity index (χ0v) is 38.4. The highest BCUT2D eigenvalue weighted by molar-refractivity contribution is 7.28. The lowest BCUT2D eigenvalue weighted by Gasteiger charge is -2.04. The standard InChI is InChI=1S/C36H38S6.4C2H6/c1-19(2)25-9-13-29(37-25)33-17-23(35(41-33)31-15-11-27(39-31)21(5)6)24-18-34(30-14-10-26(38-30)20(3)4)42-36(24)32-16-12-28(40-32)22(7)8;4*1-2/h9-22H,1-8H3;4*1-2H3. The SMILES string of the molecule is CC.CC.CC.CC.CC(C)c1ccc(-c2cc(-c3cc(-c4ccc(C(C)C)s4)sc3-c3ccc(C(C)C)s3)c(-c3ccc(C(C)C)s3)s2)s1. The van der Waals surface area contributed by atoms with E-state index in [0.717, 1.165) is 0 Å². The molecule has 6 aromatic heterocycles. The molecule has 0 unspecified atom stereocenters. The molecule has 6 heteroatoms. The average molecular weight is 783 g/mol. The van der Waals surface area contributed by atoms with E-state index in [1.807, 2.05) is 123 Å². The topological polar surface area (TPSA) is 0 Å². The molecular formula is C44H62S6. The first-order chi connectivity index (χ1) is 24.1. The molecular weight excluding hydrogens is 721 g/mol. The van der Waals surface area contributed by atoms with Crippen LogP contribution in [-0.2, 0) is 0 Å². The maximum atomic E-state index is 2.49. The molecule has 0 fully saturated rings. The molecule has 6 heterocycles. The van der Waals surface area contributed by atoms with E-state index in [4.69, 9.17) is 0 Å². The Morgan fingerprint density at radius 2 is 0.540 bits per heavy atom. The van der Waals surface area contributed by atoms with Crippen molar-refractivity contribution in [2.45, 2.75) is 134 Å². The molecule has 0 saturated heterocycles. The molecule has 0 aliphatic rings. The number of thiophene rings is 6. The number of hydrogen-bond acceptors (Lipinski definition) is 6. The molecule has 6 aromatic rings. The summed E-state index contributed by atoms with van der Waals surface area (Å²) in [6.45, 7) is 34.4. The second-order valence-corrected chi connectivity index (χ2v) is 18.7. The van der Waals surface area contributed by atoms with Crippen LogP contribution in [0, 0.1) is 0 Å². The van der Waals surface area contributed by atoms with Gasteiger partial charge >= 0.3 is 0 Å². The van der Waals surface area contributed by atoms with Gasteiger partial charge in [0.15, 0.2) is 0 Å². The molecule has 0 bridgehead atoms. The fraction of sp³-hybridized carbons (Fsp3) is 0.455. The van der Waals surface area contributed by atoms with Crippen LogP contribution in [0.4, 0.5) is 0 Å². The predicted molar refractivity (Wildman–Crippen MR) is 243 cm³/mol. The Bertz CT molecular complexity index is 1670. The van der Waals surface area contributed by atoms with Gasteiger partial charge in [0, 0.05) is 59.9 Å². The van der Waals surface area contributed by atoms with Crippen LogP contribution in [0.2, 0.25) is 0 Å². The smallest absolute Gasteiger partial charge is 0.0528 e. The van der Waals surface area contributed by atoms with Crippen LogP contribution in [0.5, 0.6) is 0 Å². The summed E-state index contributed by atoms with van der Waals surface area (Å²) in [5, 5.41) is 0. The minimum atomic E-state index is 0.537. The van der Waals surface area contributed by atoms with Gasteiger partial charge in [0.1, 0.15) is 0 Å². The van der Waals surface area contributed by atoms with Crippen molar-refractivity contribution in [3.05, 3.63) is 80.2 Å². The quantitative estimate of drug-likeness (QED) is 0.137. The van der Waals surface area contributed by atoms with Gasteiger partial charge in [-0.25, -0.2) is 0 Å². The van der Waals surface area contributed by atoms with Gasteiger partial charge in [-0.2, -0.15) is 0 Å². The highest BCUT2D eigenvalue weighted by Gasteiger charge is 2.24. The monoisotopic (exact) mass is 782 g/mol. The third kappa shape index (κ3) is 10.6. The largest absolute Gasteiger partial charge is 0.139 e. The van der Waals surface area contributed by atoms with Gasteiger partial charge in [-0.05, 0) is 84.3 Å². The van der Waals surface area contributed by atoms with Gasteiger partial charge in [-0.15, -0.1) is 68.0 Å². The minimum absolute atomic E-state index is 0.537. The minimum Gasteiger partial charge on any atom is -0.139 e. The van der Waals surface area contributed by atoms with Crippen LogP contribution in [0.25, 0.3) is 50.1 Å². The van der Waals surface area contributed by atoms with Crippen LogP contribution < -0.4 is 0 Å². The predicted octanol–water partition coefficient (Wildman–Crippen LogP) is 19.0. The van der Waals surface area contributed by atoms with Crippen molar-refractivity contribution in [2.24, 2.45) is 0 Å². The summed E-state index contributed by atoms with van der Waals surface area (Å²) in [5.74, 6) is 2.18. The second kappa shape index (κ2) is 21.7. The third-order valence-electron chi connectivity index (χ3n) is 7.47. The first kappa shape index (κ1) is 44.4. The van der Waals surface area contributed by atoms with Gasteiger partial charge in [0.2, 0.25) is 0 Å². The summed E-state index contributed by atoms with van der Waals surface area (Å²) in [6.07, 6.45) is 0. The van der Waals surface area contributed by atoms with Crippen LogP contribution in [0.1, 0.15) is 154 Å². The van der Waals surface area contributed by atoms with Gasteiger partial charge in [-0.3, -0.25) is 0 Å². The maximum absolute atomic E-state index is 2.49. The Balaban J connectivity index is 0.00000101. The maximum Gasteiger partial charge on any atom is 0.0528 e. The van der Waals surface area contributed by atoms with E-state index in [2.05, 4.69) is 116 Å². The van der Waals surface area contributed by atoms with E-state index in [1.54, 1.807) is 0 Å². The number of hydrogen-bond donors (Lipinski definition) is 0. The Morgan fingerprint density at radius 1 is 0.300 bits per heavy atom. The fourth-order valence-corrected chi connectivity index (χ4v) is 11.7. The lowest BCUT2D eigenvalue weighted by molar-refractivity contribution is 0.890. The first-order valence-corrected chi connectivity index (χ1v) is 23.7. The van der Waals surface area contributed by atoms with Crippen LogP contribution in [0.3, 0.4) is 0 Å². The van der Waals surface area contributed by atoms with E-state index < -0.39 is 0 Å². The molecule has 6 rings (SSSR count). The van der Waals surface area contributed by atoms with Crippen molar-refractivity contribution >= 4 is 68.0 Å². The lowest BCUT2D eigenvalue weighted by Crippen LogP contribution is -1.78. The summed E-state index contributed by atoms with van der Waals surface area (Å²) in [6, 6.07) is 23.7. The molecule has 274 valence electrons. The van der Waals surface area contributed by atoms with Crippen molar-refractivity contribution in [2.75, 3.05) is 0 Å². The van der Waals surface area contributed by atoms with E-state index in [9.17, 15) is 0 Å². The van der Waals surface area contributed by atoms with Crippen molar-refractivity contribution < 1.29 is 0 Å². The van der Waals surface area contributed by atoms with Crippen molar-refractivity contribution in [1.82, 2.24) is 0 Å². The van der Waals surface area contributed by atoms with Gasteiger partial charge in [0.05, 0.1) is 9.75 Å². The van der Waals surface area contributed by atoms with Gasteiger partial charge < -0.3 is 0 Å². The molecule has 0 N–H and O–H groups in total. The zero-order chi connectivity index (χ0) is 37.7. The molecule has 0 aliphatic carbocycles. The molecule has 0 aliphatic heterocycles. The highest BCUT2D eigenvalue weighted by atomic mass is 32.1. The summed E-state index contributed by atoms with van der Waals surface area (Å²) < 4.78 is 0. The summed E-state index contributed by atoms with van der Waals surface area (Å²) in [5.41, 5.74) is 2.76. The van der Waals surface area contributed by atoms with Gasteiger partial charge in [-0.1, -0.05) is 111 Å². The molecule has 0 amide bonds. The summed E-state index contributed by atoms with van der Waals surface area (Å²) in [4.78, 5) is 16.9. The van der Waals surface area contributed by atoms with E-state index in [-0.39, 0.29) is 0 Å². The molecule has 50 heavy (non-hydrogen) atoms. The molecule has 0 spiro atoms. The van der Waals surface area contributed by atoms with E-state index in [0.29, 0.717) is 23.7 Å². The van der Waals surface area contributed by atoms with Crippen molar-refractivity contribution in [3.8, 4) is 50.1 Å².